The van der Waals surface area contributed by atoms with Crippen LogP contribution in [0.15, 0.2) is 36.4 Å². The number of imide groups is 1. The lowest BCUT2D eigenvalue weighted by Crippen LogP contribution is -2.52. The molecule has 2 fully saturated rings. The van der Waals surface area contributed by atoms with Crippen molar-refractivity contribution < 1.29 is 23.5 Å². The molecular weight excluding hydrogens is 461 g/mol. The molecule has 36 heavy (non-hydrogen) atoms. The third kappa shape index (κ3) is 4.28. The van der Waals surface area contributed by atoms with Gasteiger partial charge in [0, 0.05) is 31.1 Å². The van der Waals surface area contributed by atoms with E-state index < -0.39 is 6.04 Å². The Hall–Kier alpha value is -3.26. The van der Waals surface area contributed by atoms with Crippen LogP contribution < -0.4 is 10.1 Å². The molecule has 0 aliphatic carbocycles. The minimum absolute atomic E-state index is 0.136. The van der Waals surface area contributed by atoms with Gasteiger partial charge < -0.3 is 9.64 Å². The summed E-state index contributed by atoms with van der Waals surface area (Å²) in [5.74, 6) is 0.640. The van der Waals surface area contributed by atoms with Gasteiger partial charge in [-0.3, -0.25) is 24.6 Å². The van der Waals surface area contributed by atoms with Gasteiger partial charge >= 0.3 is 0 Å². The second-order valence-corrected chi connectivity index (χ2v) is 10.4. The Kier molecular flexibility index (Phi) is 5.99. The monoisotopic (exact) mass is 491 g/mol. The average molecular weight is 492 g/mol. The summed E-state index contributed by atoms with van der Waals surface area (Å²) in [7, 11) is 0. The summed E-state index contributed by atoms with van der Waals surface area (Å²) < 4.78 is 19.3. The van der Waals surface area contributed by atoms with Crippen molar-refractivity contribution >= 4 is 17.7 Å². The Bertz CT molecular complexity index is 1220. The topological polar surface area (TPSA) is 79.0 Å². The number of nitrogens with zero attached hydrogens (tertiary/aromatic N) is 2. The molecule has 2 aromatic carbocycles. The lowest BCUT2D eigenvalue weighted by molar-refractivity contribution is -0.136. The number of amides is 3. The van der Waals surface area contributed by atoms with Gasteiger partial charge in [0.05, 0.1) is 6.61 Å². The first-order valence-corrected chi connectivity index (χ1v) is 12.9. The van der Waals surface area contributed by atoms with Crippen LogP contribution in [0.5, 0.6) is 5.75 Å². The third-order valence-electron chi connectivity index (χ3n) is 8.26. The molecule has 0 spiro atoms. The molecule has 4 aliphatic heterocycles. The molecule has 3 amide bonds. The number of halogens is 1. The lowest BCUT2D eigenvalue weighted by Gasteiger charge is -2.38. The van der Waals surface area contributed by atoms with Crippen LogP contribution in [0.4, 0.5) is 4.39 Å². The van der Waals surface area contributed by atoms with E-state index in [4.69, 9.17) is 4.74 Å². The third-order valence-corrected chi connectivity index (χ3v) is 8.26. The first-order valence-electron chi connectivity index (χ1n) is 12.9. The number of benzene rings is 2. The van der Waals surface area contributed by atoms with Crippen molar-refractivity contribution in [3.63, 3.8) is 0 Å². The minimum atomic E-state index is -0.586. The second kappa shape index (κ2) is 9.32. The van der Waals surface area contributed by atoms with E-state index in [1.165, 1.54) is 12.1 Å². The van der Waals surface area contributed by atoms with Gasteiger partial charge in [-0.1, -0.05) is 18.2 Å². The van der Waals surface area contributed by atoms with Crippen molar-refractivity contribution in [3.8, 4) is 5.75 Å². The first kappa shape index (κ1) is 23.2. The Balaban J connectivity index is 1.08. The zero-order valence-electron chi connectivity index (χ0n) is 20.2. The zero-order valence-corrected chi connectivity index (χ0v) is 20.2. The largest absolute Gasteiger partial charge is 0.493 e. The number of hydrogen-bond donors (Lipinski definition) is 1. The summed E-state index contributed by atoms with van der Waals surface area (Å²) in [6, 6.07) is 10.3. The van der Waals surface area contributed by atoms with E-state index >= 15 is 0 Å². The van der Waals surface area contributed by atoms with Crippen molar-refractivity contribution in [3.05, 3.63) is 64.5 Å². The van der Waals surface area contributed by atoms with Crippen LogP contribution in [0.2, 0.25) is 0 Å². The number of hydrogen-bond acceptors (Lipinski definition) is 5. The fraction of sp³-hybridized carbons (Fsp3) is 0.464. The molecule has 6 rings (SSSR count). The molecule has 2 saturated heterocycles. The van der Waals surface area contributed by atoms with E-state index in [0.717, 1.165) is 55.6 Å². The van der Waals surface area contributed by atoms with Crippen LogP contribution in [0.1, 0.15) is 65.1 Å². The molecule has 0 saturated carbocycles. The van der Waals surface area contributed by atoms with Gasteiger partial charge in [-0.25, -0.2) is 4.39 Å². The number of likely N-dealkylation sites (tertiary alicyclic amines) is 1. The molecular formula is C28H30FN3O4. The van der Waals surface area contributed by atoms with Gasteiger partial charge in [-0.15, -0.1) is 0 Å². The summed E-state index contributed by atoms with van der Waals surface area (Å²) in [4.78, 5) is 40.8. The molecule has 1 N–H and O–H groups in total. The maximum atomic E-state index is 13.6. The van der Waals surface area contributed by atoms with Gasteiger partial charge in [-0.2, -0.15) is 0 Å². The fourth-order valence-corrected chi connectivity index (χ4v) is 6.38. The quantitative estimate of drug-likeness (QED) is 0.664. The molecule has 2 atom stereocenters. The minimum Gasteiger partial charge on any atom is -0.493 e. The molecule has 188 valence electrons. The summed E-state index contributed by atoms with van der Waals surface area (Å²) in [5.41, 5.74) is 3.90. The Morgan fingerprint density at radius 2 is 1.83 bits per heavy atom. The van der Waals surface area contributed by atoms with Gasteiger partial charge in [0.15, 0.2) is 0 Å². The molecule has 8 heteroatoms. The Labute approximate surface area is 209 Å². The second-order valence-electron chi connectivity index (χ2n) is 10.4. The van der Waals surface area contributed by atoms with Crippen molar-refractivity contribution in [1.29, 1.82) is 0 Å². The number of ether oxygens (including phenoxy) is 1. The number of fused-ring (bicyclic) bond motifs is 2. The zero-order chi connectivity index (χ0) is 24.8. The highest BCUT2D eigenvalue weighted by atomic mass is 19.1. The molecule has 2 aromatic rings. The van der Waals surface area contributed by atoms with E-state index in [9.17, 15) is 18.8 Å². The molecule has 4 heterocycles. The lowest BCUT2D eigenvalue weighted by atomic mass is 9.77. The molecule has 7 nitrogen and oxygen atoms in total. The van der Waals surface area contributed by atoms with Crippen molar-refractivity contribution in [1.82, 2.24) is 15.1 Å². The van der Waals surface area contributed by atoms with E-state index in [1.54, 1.807) is 4.90 Å². The molecule has 0 bridgehead atoms. The predicted octanol–water partition coefficient (Wildman–Crippen LogP) is 3.37. The van der Waals surface area contributed by atoms with E-state index in [1.807, 2.05) is 18.2 Å². The van der Waals surface area contributed by atoms with Crippen molar-refractivity contribution in [2.24, 2.45) is 5.92 Å². The number of nitrogens with one attached hydrogen (secondary N) is 1. The summed E-state index contributed by atoms with van der Waals surface area (Å²) >= 11 is 0. The average Bonchev–Trinajstić information content (AvgIpc) is 3.19. The van der Waals surface area contributed by atoms with Crippen molar-refractivity contribution in [2.45, 2.75) is 57.2 Å². The van der Waals surface area contributed by atoms with Crippen LogP contribution in [0, 0.1) is 11.7 Å². The van der Waals surface area contributed by atoms with Gasteiger partial charge in [0.1, 0.15) is 17.6 Å². The van der Waals surface area contributed by atoms with Crippen LogP contribution in [0.25, 0.3) is 0 Å². The van der Waals surface area contributed by atoms with Gasteiger partial charge in [-0.05, 0) is 79.4 Å². The number of carbonyl (C=O) groups is 3. The normalized spacial score (nSPS) is 24.8. The summed E-state index contributed by atoms with van der Waals surface area (Å²) in [5, 5.41) is 2.35. The Morgan fingerprint density at radius 3 is 2.64 bits per heavy atom. The summed E-state index contributed by atoms with van der Waals surface area (Å²) in [6.07, 6.45) is 3.79. The van der Waals surface area contributed by atoms with Gasteiger partial charge in [0.2, 0.25) is 11.8 Å². The highest BCUT2D eigenvalue weighted by Gasteiger charge is 2.39. The predicted molar refractivity (Wildman–Crippen MR) is 130 cm³/mol. The highest BCUT2D eigenvalue weighted by Crippen LogP contribution is 2.42. The van der Waals surface area contributed by atoms with Crippen LogP contribution in [-0.2, 0) is 22.7 Å². The number of rotatable bonds is 4. The molecule has 2 unspecified atom stereocenters. The van der Waals surface area contributed by atoms with Crippen molar-refractivity contribution in [2.75, 3.05) is 19.7 Å². The van der Waals surface area contributed by atoms with Crippen LogP contribution in [0.3, 0.4) is 0 Å². The molecule has 0 aromatic heterocycles. The van der Waals surface area contributed by atoms with Crippen LogP contribution >= 0.6 is 0 Å². The number of piperidine rings is 2. The van der Waals surface area contributed by atoms with Gasteiger partial charge in [0.25, 0.3) is 5.91 Å². The fourth-order valence-electron chi connectivity index (χ4n) is 6.38. The smallest absolute Gasteiger partial charge is 0.255 e. The van der Waals surface area contributed by atoms with Crippen LogP contribution in [-0.4, -0.2) is 53.3 Å². The Morgan fingerprint density at radius 1 is 1.00 bits per heavy atom. The van der Waals surface area contributed by atoms with E-state index in [2.05, 4.69) is 16.3 Å². The SMILES string of the molecule is O=C1CCC(N2Cc3cc(CN4CCC(C5CCOc6cc(F)ccc65)CC4)ccc3C2=O)C(=O)N1. The maximum Gasteiger partial charge on any atom is 0.255 e. The first-order chi connectivity index (χ1) is 17.5. The highest BCUT2D eigenvalue weighted by molar-refractivity contribution is 6.05. The molecule has 4 aliphatic rings. The summed E-state index contributed by atoms with van der Waals surface area (Å²) in [6.45, 7) is 3.86. The van der Waals surface area contributed by atoms with E-state index in [0.29, 0.717) is 42.7 Å². The molecule has 0 radical (unpaired) electrons. The number of carbonyl (C=O) groups excluding carboxylic acids is 3. The standard InChI is InChI=1S/C28H30FN3O4/c29-20-2-4-23-21(9-12-36-25(23)14-20)18-7-10-31(11-8-18)15-17-1-3-22-19(13-17)16-32(28(22)35)24-5-6-26(33)30-27(24)34/h1-4,13-14,18,21,24H,5-12,15-16H2,(H,30,33,34). The maximum absolute atomic E-state index is 13.6. The van der Waals surface area contributed by atoms with E-state index in [-0.39, 0.29) is 30.0 Å².